The molecule has 0 saturated carbocycles. The van der Waals surface area contributed by atoms with Crippen LogP contribution in [0, 0.1) is 11.8 Å². The fourth-order valence-corrected chi connectivity index (χ4v) is 5.44. The third-order valence-corrected chi connectivity index (χ3v) is 6.89. The third kappa shape index (κ3) is 4.24. The van der Waals surface area contributed by atoms with Gasteiger partial charge in [0.2, 0.25) is 11.8 Å². The molecular formula is C23H33N3O2. The molecule has 0 radical (unpaired) electrons. The van der Waals surface area contributed by atoms with E-state index in [0.29, 0.717) is 31.5 Å². The summed E-state index contributed by atoms with van der Waals surface area (Å²) < 4.78 is 0. The Kier molecular flexibility index (Phi) is 6.00. The number of hydrogen-bond donors (Lipinski definition) is 0. The molecule has 152 valence electrons. The van der Waals surface area contributed by atoms with Gasteiger partial charge in [-0.1, -0.05) is 36.8 Å². The fourth-order valence-electron chi connectivity index (χ4n) is 5.44. The number of carbonyl (C=O) groups excluding carboxylic acids is 2. The predicted molar refractivity (Wildman–Crippen MR) is 110 cm³/mol. The lowest BCUT2D eigenvalue weighted by Gasteiger charge is -2.45. The molecule has 0 bridgehead atoms. The molecule has 3 saturated heterocycles. The molecule has 0 aromatic heterocycles. The Labute approximate surface area is 168 Å². The van der Waals surface area contributed by atoms with Crippen LogP contribution in [0.4, 0.5) is 0 Å². The van der Waals surface area contributed by atoms with Gasteiger partial charge >= 0.3 is 0 Å². The van der Waals surface area contributed by atoms with Crippen molar-refractivity contribution in [3.8, 4) is 0 Å². The second kappa shape index (κ2) is 8.64. The smallest absolute Gasteiger partial charge is 0.227 e. The molecule has 3 aliphatic rings. The van der Waals surface area contributed by atoms with Gasteiger partial charge in [-0.25, -0.2) is 0 Å². The van der Waals surface area contributed by atoms with Crippen molar-refractivity contribution in [2.75, 3.05) is 33.2 Å². The Morgan fingerprint density at radius 2 is 1.89 bits per heavy atom. The second-order valence-electron chi connectivity index (χ2n) is 8.88. The molecule has 2 amide bonds. The van der Waals surface area contributed by atoms with Crippen LogP contribution in [0.25, 0.3) is 0 Å². The van der Waals surface area contributed by atoms with Gasteiger partial charge in [-0.15, -0.1) is 0 Å². The van der Waals surface area contributed by atoms with E-state index in [-0.39, 0.29) is 17.7 Å². The lowest BCUT2D eigenvalue weighted by atomic mass is 9.83. The largest absolute Gasteiger partial charge is 0.345 e. The van der Waals surface area contributed by atoms with Crippen molar-refractivity contribution < 1.29 is 9.59 Å². The van der Waals surface area contributed by atoms with Gasteiger partial charge in [0.1, 0.15) is 0 Å². The lowest BCUT2D eigenvalue weighted by molar-refractivity contribution is -0.135. The van der Waals surface area contributed by atoms with Crippen molar-refractivity contribution in [1.82, 2.24) is 14.7 Å². The van der Waals surface area contributed by atoms with Crippen LogP contribution in [0.1, 0.15) is 44.1 Å². The molecule has 0 N–H and O–H groups in total. The van der Waals surface area contributed by atoms with Gasteiger partial charge in [0, 0.05) is 39.1 Å². The van der Waals surface area contributed by atoms with Crippen LogP contribution < -0.4 is 0 Å². The summed E-state index contributed by atoms with van der Waals surface area (Å²) in [6.07, 6.45) is 6.74. The number of benzene rings is 1. The Balaban J connectivity index is 1.33. The van der Waals surface area contributed by atoms with Crippen molar-refractivity contribution in [2.24, 2.45) is 11.8 Å². The summed E-state index contributed by atoms with van der Waals surface area (Å²) in [5.74, 6) is 0.649. The van der Waals surface area contributed by atoms with Crippen molar-refractivity contribution in [3.63, 3.8) is 0 Å². The number of rotatable bonds is 5. The Morgan fingerprint density at radius 1 is 1.11 bits per heavy atom. The van der Waals surface area contributed by atoms with Crippen LogP contribution in [0.15, 0.2) is 30.3 Å². The van der Waals surface area contributed by atoms with Gasteiger partial charge in [-0.2, -0.15) is 0 Å². The van der Waals surface area contributed by atoms with Crippen LogP contribution in [0.5, 0.6) is 0 Å². The lowest BCUT2D eigenvalue weighted by Crippen LogP contribution is -2.51. The van der Waals surface area contributed by atoms with E-state index in [1.165, 1.54) is 45.2 Å². The molecule has 3 heterocycles. The maximum absolute atomic E-state index is 13.1. The van der Waals surface area contributed by atoms with Crippen LogP contribution in [-0.2, 0) is 16.1 Å². The molecule has 1 aromatic carbocycles. The minimum absolute atomic E-state index is 0.103. The van der Waals surface area contributed by atoms with E-state index < -0.39 is 0 Å². The standard InChI is InChI=1S/C23H33N3O2/c1-24(16-19-10-7-13-25-12-6-5-11-21(19)25)23(28)20-14-22(27)26(17-20)15-18-8-3-2-4-9-18/h2-4,8-9,19-21H,5-7,10-17H2,1H3/t19-,20+,21+/m0/s1. The summed E-state index contributed by atoms with van der Waals surface area (Å²) in [5.41, 5.74) is 1.12. The minimum atomic E-state index is -0.188. The number of hydrogen-bond acceptors (Lipinski definition) is 3. The van der Waals surface area contributed by atoms with Gasteiger partial charge in [0.15, 0.2) is 0 Å². The van der Waals surface area contributed by atoms with Crippen molar-refractivity contribution in [3.05, 3.63) is 35.9 Å². The Bertz CT molecular complexity index is 690. The van der Waals surface area contributed by atoms with Crippen molar-refractivity contribution >= 4 is 11.8 Å². The summed E-state index contributed by atoms with van der Waals surface area (Å²) in [5, 5.41) is 0. The maximum Gasteiger partial charge on any atom is 0.227 e. The predicted octanol–water partition coefficient (Wildman–Crippen LogP) is 2.76. The number of fused-ring (bicyclic) bond motifs is 1. The summed E-state index contributed by atoms with van der Waals surface area (Å²) in [7, 11) is 1.94. The number of amides is 2. The third-order valence-electron chi connectivity index (χ3n) is 6.89. The van der Waals surface area contributed by atoms with Gasteiger partial charge in [0.25, 0.3) is 0 Å². The number of carbonyl (C=O) groups is 2. The topological polar surface area (TPSA) is 43.9 Å². The highest BCUT2D eigenvalue weighted by Gasteiger charge is 2.38. The second-order valence-corrected chi connectivity index (χ2v) is 8.88. The minimum Gasteiger partial charge on any atom is -0.345 e. The molecule has 3 atom stereocenters. The molecule has 3 fully saturated rings. The van der Waals surface area contributed by atoms with E-state index in [0.717, 1.165) is 12.1 Å². The highest BCUT2D eigenvalue weighted by atomic mass is 16.2. The highest BCUT2D eigenvalue weighted by molar-refractivity contribution is 5.89. The van der Waals surface area contributed by atoms with Gasteiger partial charge in [-0.05, 0) is 50.3 Å². The Hall–Kier alpha value is -1.88. The number of piperidine rings is 2. The van der Waals surface area contributed by atoms with Gasteiger partial charge in [0.05, 0.1) is 5.92 Å². The SMILES string of the molecule is CN(C[C@@H]1CCCN2CCCC[C@H]12)C(=O)[C@@H]1CC(=O)N(Cc2ccccc2)C1. The zero-order valence-electron chi connectivity index (χ0n) is 17.1. The molecule has 0 aliphatic carbocycles. The van der Waals surface area contributed by atoms with Crippen LogP contribution in [0.2, 0.25) is 0 Å². The first-order valence-corrected chi connectivity index (χ1v) is 10.9. The summed E-state index contributed by atoms with van der Waals surface area (Å²) in [6.45, 7) is 4.45. The van der Waals surface area contributed by atoms with E-state index in [1.807, 2.05) is 47.2 Å². The average Bonchev–Trinajstić information content (AvgIpc) is 3.08. The maximum atomic E-state index is 13.1. The fraction of sp³-hybridized carbons (Fsp3) is 0.652. The van der Waals surface area contributed by atoms with E-state index in [4.69, 9.17) is 0 Å². The first-order chi connectivity index (χ1) is 13.6. The van der Waals surface area contributed by atoms with Crippen molar-refractivity contribution in [1.29, 1.82) is 0 Å². The molecule has 0 unspecified atom stereocenters. The van der Waals surface area contributed by atoms with Gasteiger partial charge < -0.3 is 14.7 Å². The van der Waals surface area contributed by atoms with Gasteiger partial charge in [-0.3, -0.25) is 9.59 Å². The van der Waals surface area contributed by atoms with Crippen LogP contribution in [0.3, 0.4) is 0 Å². The summed E-state index contributed by atoms with van der Waals surface area (Å²) >= 11 is 0. The highest BCUT2D eigenvalue weighted by Crippen LogP contribution is 2.32. The summed E-state index contributed by atoms with van der Waals surface area (Å²) in [4.78, 5) is 31.9. The van der Waals surface area contributed by atoms with E-state index in [1.54, 1.807) is 0 Å². The zero-order valence-corrected chi connectivity index (χ0v) is 17.1. The monoisotopic (exact) mass is 383 g/mol. The normalized spacial score (nSPS) is 28.2. The molecule has 3 aliphatic heterocycles. The average molecular weight is 384 g/mol. The number of likely N-dealkylation sites (tertiary alicyclic amines) is 1. The first kappa shape index (κ1) is 19.4. The molecule has 5 heteroatoms. The zero-order chi connectivity index (χ0) is 19.5. The van der Waals surface area contributed by atoms with Crippen LogP contribution in [-0.4, -0.2) is 65.8 Å². The molecule has 5 nitrogen and oxygen atoms in total. The molecule has 28 heavy (non-hydrogen) atoms. The first-order valence-electron chi connectivity index (χ1n) is 10.9. The molecule has 4 rings (SSSR count). The summed E-state index contributed by atoms with van der Waals surface area (Å²) in [6, 6.07) is 10.7. The Morgan fingerprint density at radius 3 is 2.71 bits per heavy atom. The van der Waals surface area contributed by atoms with E-state index >= 15 is 0 Å². The van der Waals surface area contributed by atoms with Crippen molar-refractivity contribution in [2.45, 2.75) is 51.1 Å². The van der Waals surface area contributed by atoms with E-state index in [2.05, 4.69) is 4.90 Å². The molecule has 0 spiro atoms. The van der Waals surface area contributed by atoms with Crippen LogP contribution >= 0.6 is 0 Å². The van der Waals surface area contributed by atoms with E-state index in [9.17, 15) is 9.59 Å². The molecule has 1 aromatic rings. The quantitative estimate of drug-likeness (QED) is 0.785. The number of nitrogens with zero attached hydrogens (tertiary/aromatic N) is 3. The molecular weight excluding hydrogens is 350 g/mol.